The first-order chi connectivity index (χ1) is 11.4. The van der Waals surface area contributed by atoms with Crippen molar-refractivity contribution in [2.45, 2.75) is 38.8 Å². The van der Waals surface area contributed by atoms with Crippen LogP contribution in [-0.4, -0.2) is 11.5 Å². The molecule has 0 bridgehead atoms. The molecule has 0 spiro atoms. The molecule has 1 amide bonds. The Kier molecular flexibility index (Phi) is 4.43. The number of aryl methyl sites for hydroxylation is 1. The molecule has 0 aromatic heterocycles. The van der Waals surface area contributed by atoms with E-state index in [0.717, 1.165) is 23.3 Å². The highest BCUT2D eigenvalue weighted by atomic mass is 16.5. The average Bonchev–Trinajstić information content (AvgIpc) is 2.53. The third-order valence-electron chi connectivity index (χ3n) is 4.20. The van der Waals surface area contributed by atoms with Gasteiger partial charge in [-0.1, -0.05) is 48.0 Å². The highest BCUT2D eigenvalue weighted by Crippen LogP contribution is 2.39. The molecular formula is C21H23NO2. The first-order valence-electron chi connectivity index (χ1n) is 8.26. The molecule has 1 aliphatic heterocycles. The van der Waals surface area contributed by atoms with Crippen molar-refractivity contribution in [2.75, 3.05) is 0 Å². The number of benzene rings is 2. The Morgan fingerprint density at radius 3 is 2.62 bits per heavy atom. The third kappa shape index (κ3) is 3.85. The van der Waals surface area contributed by atoms with E-state index in [2.05, 4.69) is 5.32 Å². The number of carbonyl (C=O) groups excluding carboxylic acids is 1. The Balaban J connectivity index is 1.73. The fourth-order valence-electron chi connectivity index (χ4n) is 3.00. The summed E-state index contributed by atoms with van der Waals surface area (Å²) in [7, 11) is 0. The summed E-state index contributed by atoms with van der Waals surface area (Å²) in [5.74, 6) is 0.759. The van der Waals surface area contributed by atoms with E-state index in [4.69, 9.17) is 4.74 Å². The summed E-state index contributed by atoms with van der Waals surface area (Å²) in [5, 5.41) is 3.11. The fourth-order valence-corrected chi connectivity index (χ4v) is 3.00. The third-order valence-corrected chi connectivity index (χ3v) is 4.20. The molecular weight excluding hydrogens is 298 g/mol. The van der Waals surface area contributed by atoms with Crippen LogP contribution in [0, 0.1) is 6.92 Å². The van der Waals surface area contributed by atoms with Gasteiger partial charge in [0.2, 0.25) is 5.91 Å². The number of hydrogen-bond acceptors (Lipinski definition) is 2. The predicted octanol–water partition coefficient (Wildman–Crippen LogP) is 4.43. The largest absolute Gasteiger partial charge is 0.487 e. The van der Waals surface area contributed by atoms with Crippen LogP contribution < -0.4 is 10.1 Å². The van der Waals surface area contributed by atoms with Gasteiger partial charge in [-0.3, -0.25) is 4.79 Å². The highest BCUT2D eigenvalue weighted by molar-refractivity contribution is 5.92. The van der Waals surface area contributed by atoms with Gasteiger partial charge in [-0.25, -0.2) is 0 Å². The molecule has 0 saturated heterocycles. The van der Waals surface area contributed by atoms with Crippen LogP contribution >= 0.6 is 0 Å². The molecule has 2 aromatic rings. The van der Waals surface area contributed by atoms with Crippen molar-refractivity contribution in [1.29, 1.82) is 0 Å². The maximum absolute atomic E-state index is 12.3. The van der Waals surface area contributed by atoms with E-state index in [1.165, 1.54) is 5.56 Å². The number of carbonyl (C=O) groups is 1. The van der Waals surface area contributed by atoms with Crippen LogP contribution in [0.1, 0.15) is 43.0 Å². The van der Waals surface area contributed by atoms with Crippen LogP contribution in [0.25, 0.3) is 6.08 Å². The standard InChI is InChI=1S/C21H23NO2/c1-15-8-10-16(11-9-15)12-13-20(23)22-18-14-21(2,3)24-19-7-5-4-6-17(18)19/h4-13,18H,14H2,1-3H3,(H,22,23)/b13-12+. The maximum atomic E-state index is 12.3. The minimum Gasteiger partial charge on any atom is -0.487 e. The number of hydrogen-bond donors (Lipinski definition) is 1. The zero-order chi connectivity index (χ0) is 17.2. The van der Waals surface area contributed by atoms with Gasteiger partial charge in [0.25, 0.3) is 0 Å². The first-order valence-corrected chi connectivity index (χ1v) is 8.26. The van der Waals surface area contributed by atoms with Crippen LogP contribution in [-0.2, 0) is 4.79 Å². The molecule has 1 N–H and O–H groups in total. The van der Waals surface area contributed by atoms with E-state index in [-0.39, 0.29) is 17.6 Å². The van der Waals surface area contributed by atoms with E-state index in [0.29, 0.717) is 0 Å². The van der Waals surface area contributed by atoms with Crippen molar-refractivity contribution in [3.63, 3.8) is 0 Å². The second kappa shape index (κ2) is 6.52. The van der Waals surface area contributed by atoms with Crippen molar-refractivity contribution < 1.29 is 9.53 Å². The van der Waals surface area contributed by atoms with E-state index in [9.17, 15) is 4.79 Å². The first kappa shape index (κ1) is 16.3. The van der Waals surface area contributed by atoms with Crippen molar-refractivity contribution in [3.05, 3.63) is 71.3 Å². The molecule has 1 heterocycles. The van der Waals surface area contributed by atoms with Crippen molar-refractivity contribution in [1.82, 2.24) is 5.32 Å². The lowest BCUT2D eigenvalue weighted by molar-refractivity contribution is -0.117. The van der Waals surface area contributed by atoms with E-state index < -0.39 is 0 Å². The Labute approximate surface area is 143 Å². The van der Waals surface area contributed by atoms with Gasteiger partial charge >= 0.3 is 0 Å². The van der Waals surface area contributed by atoms with E-state index in [1.807, 2.05) is 75.4 Å². The lowest BCUT2D eigenvalue weighted by Crippen LogP contribution is -2.40. The topological polar surface area (TPSA) is 38.3 Å². The number of amides is 1. The van der Waals surface area contributed by atoms with Gasteiger partial charge in [0.1, 0.15) is 11.4 Å². The van der Waals surface area contributed by atoms with Gasteiger partial charge < -0.3 is 10.1 Å². The van der Waals surface area contributed by atoms with Crippen LogP contribution in [0.3, 0.4) is 0 Å². The SMILES string of the molecule is Cc1ccc(/C=C/C(=O)NC2CC(C)(C)Oc3ccccc32)cc1. The normalized spacial score (nSPS) is 18.7. The van der Waals surface area contributed by atoms with Crippen molar-refractivity contribution >= 4 is 12.0 Å². The fraction of sp³-hybridized carbons (Fsp3) is 0.286. The molecule has 124 valence electrons. The summed E-state index contributed by atoms with van der Waals surface area (Å²) in [6, 6.07) is 15.9. The molecule has 0 saturated carbocycles. The van der Waals surface area contributed by atoms with Crippen molar-refractivity contribution in [2.24, 2.45) is 0 Å². The molecule has 24 heavy (non-hydrogen) atoms. The molecule has 1 atom stereocenters. The summed E-state index contributed by atoms with van der Waals surface area (Å²) in [4.78, 5) is 12.3. The van der Waals surface area contributed by atoms with E-state index in [1.54, 1.807) is 6.08 Å². The van der Waals surface area contributed by atoms with Gasteiger partial charge in [0.15, 0.2) is 0 Å². The Bertz CT molecular complexity index is 760. The second-order valence-corrected chi connectivity index (χ2v) is 6.91. The molecule has 0 radical (unpaired) electrons. The Hall–Kier alpha value is -2.55. The van der Waals surface area contributed by atoms with Crippen LogP contribution in [0.4, 0.5) is 0 Å². The molecule has 3 nitrogen and oxygen atoms in total. The molecule has 3 rings (SSSR count). The Morgan fingerprint density at radius 2 is 1.88 bits per heavy atom. The van der Waals surface area contributed by atoms with Gasteiger partial charge in [-0.15, -0.1) is 0 Å². The molecule has 2 aromatic carbocycles. The second-order valence-electron chi connectivity index (χ2n) is 6.91. The average molecular weight is 321 g/mol. The minimum absolute atomic E-state index is 0.0416. The van der Waals surface area contributed by atoms with Gasteiger partial charge in [-0.2, -0.15) is 0 Å². The zero-order valence-corrected chi connectivity index (χ0v) is 14.4. The van der Waals surface area contributed by atoms with Crippen LogP contribution in [0.5, 0.6) is 5.75 Å². The van der Waals surface area contributed by atoms with Gasteiger partial charge in [0, 0.05) is 18.1 Å². The lowest BCUT2D eigenvalue weighted by atomic mass is 9.89. The molecule has 1 unspecified atom stereocenters. The Morgan fingerprint density at radius 1 is 1.17 bits per heavy atom. The quantitative estimate of drug-likeness (QED) is 0.850. The minimum atomic E-state index is -0.299. The van der Waals surface area contributed by atoms with Crippen LogP contribution in [0.15, 0.2) is 54.6 Å². The summed E-state index contributed by atoms with van der Waals surface area (Å²) in [6.07, 6.45) is 4.18. The molecule has 0 fully saturated rings. The number of rotatable bonds is 3. The molecule has 1 aliphatic rings. The summed E-state index contributed by atoms with van der Waals surface area (Å²) in [6.45, 7) is 6.14. The number of para-hydroxylation sites is 1. The van der Waals surface area contributed by atoms with Gasteiger partial charge in [-0.05, 0) is 38.5 Å². The predicted molar refractivity (Wildman–Crippen MR) is 96.9 cm³/mol. The van der Waals surface area contributed by atoms with E-state index >= 15 is 0 Å². The van der Waals surface area contributed by atoms with Crippen molar-refractivity contribution in [3.8, 4) is 5.75 Å². The summed E-state index contributed by atoms with van der Waals surface area (Å²) in [5.41, 5.74) is 2.96. The molecule has 3 heteroatoms. The monoisotopic (exact) mass is 321 g/mol. The number of ether oxygens (including phenoxy) is 1. The summed E-state index contributed by atoms with van der Waals surface area (Å²) >= 11 is 0. The number of nitrogens with one attached hydrogen (secondary N) is 1. The van der Waals surface area contributed by atoms with Gasteiger partial charge in [0.05, 0.1) is 6.04 Å². The zero-order valence-electron chi connectivity index (χ0n) is 14.4. The number of fused-ring (bicyclic) bond motifs is 1. The maximum Gasteiger partial charge on any atom is 0.244 e. The summed E-state index contributed by atoms with van der Waals surface area (Å²) < 4.78 is 6.00. The molecule has 0 aliphatic carbocycles. The lowest BCUT2D eigenvalue weighted by Gasteiger charge is -2.37. The highest BCUT2D eigenvalue weighted by Gasteiger charge is 2.33. The smallest absolute Gasteiger partial charge is 0.244 e. The van der Waals surface area contributed by atoms with Crippen LogP contribution in [0.2, 0.25) is 0 Å².